The number of thioether (sulfide) groups is 2. The van der Waals surface area contributed by atoms with E-state index in [1.165, 1.54) is 57.0 Å². The molecule has 4 amide bonds. The Hall–Kier alpha value is -2.90. The lowest BCUT2D eigenvalue weighted by molar-refractivity contribution is -0.163. The fraction of sp³-hybridized carbons (Fsp3) is 0.765. The number of carboxylic acids is 2. The summed E-state index contributed by atoms with van der Waals surface area (Å²) in [7, 11) is 6.51. The van der Waals surface area contributed by atoms with E-state index in [4.69, 9.17) is 0 Å². The summed E-state index contributed by atoms with van der Waals surface area (Å²) in [6.07, 6.45) is -1.47. The van der Waals surface area contributed by atoms with Crippen molar-refractivity contribution in [2.24, 2.45) is 23.7 Å². The molecule has 0 spiro atoms. The number of carbonyl (C=O) groups is 6. The highest BCUT2D eigenvalue weighted by Crippen LogP contribution is 2.52. The van der Waals surface area contributed by atoms with E-state index in [9.17, 15) is 49.2 Å². The number of aliphatic carboxylic acids is 2. The third-order valence-corrected chi connectivity index (χ3v) is 14.6. The highest BCUT2D eigenvalue weighted by atomic mass is 32.2. The van der Waals surface area contributed by atoms with Crippen molar-refractivity contribution in [3.8, 4) is 0 Å². The summed E-state index contributed by atoms with van der Waals surface area (Å²) in [6, 6.07) is -3.61. The summed E-state index contributed by atoms with van der Waals surface area (Å²) in [5, 5.41) is 47.2. The lowest BCUT2D eigenvalue weighted by Crippen LogP contribution is -2.63. The van der Waals surface area contributed by atoms with Crippen molar-refractivity contribution in [2.45, 2.75) is 98.7 Å². The second-order valence-corrected chi connectivity index (χ2v) is 18.1. The number of likely N-dealkylation sites (N-methyl/N-ethyl adjacent to an activating group) is 2. The molecule has 5 heterocycles. The Labute approximate surface area is 312 Å². The van der Waals surface area contributed by atoms with Crippen LogP contribution >= 0.6 is 23.5 Å². The molecule has 0 aliphatic carbocycles. The molecule has 5 rings (SSSR count). The first-order valence-electron chi connectivity index (χ1n) is 17.7. The molecule has 16 nitrogen and oxygen atoms in total. The van der Waals surface area contributed by atoms with E-state index in [0.717, 1.165) is 0 Å². The summed E-state index contributed by atoms with van der Waals surface area (Å²) in [5.74, 6) is -6.39. The molecule has 0 aromatic carbocycles. The van der Waals surface area contributed by atoms with Crippen LogP contribution in [-0.4, -0.2) is 175 Å². The predicted molar refractivity (Wildman–Crippen MR) is 193 cm³/mol. The van der Waals surface area contributed by atoms with E-state index in [1.807, 2.05) is 13.8 Å². The van der Waals surface area contributed by atoms with Crippen molar-refractivity contribution in [3.05, 3.63) is 10.6 Å². The molecule has 4 saturated heterocycles. The molecule has 0 saturated carbocycles. The maximum absolute atomic E-state index is 14.6. The lowest BCUT2D eigenvalue weighted by atomic mass is 9.79. The molecule has 4 fully saturated rings. The average molecular weight is 769 g/mol. The smallest absolute Gasteiger partial charge is 0.353 e. The van der Waals surface area contributed by atoms with Gasteiger partial charge in [0.1, 0.15) is 17.8 Å². The minimum absolute atomic E-state index is 0.0508. The number of amides is 4. The predicted octanol–water partition coefficient (Wildman–Crippen LogP) is -1.09. The zero-order chi connectivity index (χ0) is 38.7. The van der Waals surface area contributed by atoms with Gasteiger partial charge in [-0.25, -0.2) is 4.79 Å². The van der Waals surface area contributed by atoms with E-state index in [-0.39, 0.29) is 41.8 Å². The number of β-lactam (4-membered cyclic amide) rings is 1. The van der Waals surface area contributed by atoms with Gasteiger partial charge in [-0.1, -0.05) is 13.8 Å². The number of aliphatic hydroxyl groups is 2. The Bertz CT molecular complexity index is 1510. The van der Waals surface area contributed by atoms with Gasteiger partial charge in [-0.05, 0) is 32.6 Å². The highest BCUT2D eigenvalue weighted by molar-refractivity contribution is 8.03. The molecule has 6 N–H and O–H groups in total. The van der Waals surface area contributed by atoms with Crippen molar-refractivity contribution in [1.29, 1.82) is 0 Å². The van der Waals surface area contributed by atoms with Crippen LogP contribution in [0.3, 0.4) is 0 Å². The minimum atomic E-state index is -1.27. The molecule has 52 heavy (non-hydrogen) atoms. The van der Waals surface area contributed by atoms with E-state index in [1.54, 1.807) is 28.2 Å². The topological polar surface area (TPSA) is 220 Å². The maximum atomic E-state index is 14.6. The SMILES string of the molecule is C[C@H]1C(S[C@@H]2CN[C@H](C(=O)N(C)C)C2)C(C(=O)O)NC1[C@H](C(=O)N1C[C@@H](SC2=C(C(=O)O)N3C(=O)[C@H]([C@@H](C)O)[C@H]3[C@H]2C)C[C@H]1C(=O)N(C)C)[C@@H](C)O. The van der Waals surface area contributed by atoms with Gasteiger partial charge in [0.25, 0.3) is 0 Å². The first kappa shape index (κ1) is 40.3. The third-order valence-electron chi connectivity index (χ3n) is 11.3. The van der Waals surface area contributed by atoms with E-state index in [0.29, 0.717) is 17.9 Å². The van der Waals surface area contributed by atoms with Crippen LogP contribution in [0.1, 0.15) is 40.5 Å². The van der Waals surface area contributed by atoms with Crippen LogP contribution in [0.2, 0.25) is 0 Å². The van der Waals surface area contributed by atoms with Crippen LogP contribution in [0.15, 0.2) is 10.6 Å². The number of carboxylic acid groups (broad SMARTS) is 2. The van der Waals surface area contributed by atoms with Crippen LogP contribution < -0.4 is 10.6 Å². The molecule has 3 unspecified atom stereocenters. The molecule has 290 valence electrons. The standard InChI is InChI=1S/C34H52N6O10S2/c1-13-23(36-24(33(47)48)27(13)51-17-9-19(35-11-17)29(43)37(5)6)21(15(3)41)31(45)39-12-18(10-20(39)30(44)38(7)8)52-28-14(2)25-22(16(4)42)32(46)40(25)26(28)34(49)50/h13-25,27,35-36,41-42H,9-12H2,1-8H3,(H,47,48)(H,49,50)/t13-,14-,15-,16-,17+,18+,19+,20+,21-,22-,23?,24?,25-,27?/m1/s1. The van der Waals surface area contributed by atoms with Crippen LogP contribution in [0.25, 0.3) is 0 Å². The lowest BCUT2D eigenvalue weighted by Gasteiger charge is -2.46. The Morgan fingerprint density at radius 1 is 0.942 bits per heavy atom. The zero-order valence-corrected chi connectivity index (χ0v) is 32.4. The molecule has 5 aliphatic heterocycles. The fourth-order valence-corrected chi connectivity index (χ4v) is 11.9. The first-order chi connectivity index (χ1) is 24.3. The molecule has 0 aromatic heterocycles. The van der Waals surface area contributed by atoms with Crippen molar-refractivity contribution >= 4 is 59.1 Å². The molecule has 14 atom stereocenters. The summed E-state index contributed by atoms with van der Waals surface area (Å²) >= 11 is 2.69. The molecule has 5 aliphatic rings. The van der Waals surface area contributed by atoms with Gasteiger partial charge >= 0.3 is 11.9 Å². The molecular formula is C34H52N6O10S2. The number of likely N-dealkylation sites (tertiary alicyclic amines) is 1. The quantitative estimate of drug-likeness (QED) is 0.130. The number of nitrogens with zero attached hydrogens (tertiary/aromatic N) is 4. The van der Waals surface area contributed by atoms with Gasteiger partial charge in [-0.15, -0.1) is 11.8 Å². The number of hydrogen-bond acceptors (Lipinski definition) is 12. The largest absolute Gasteiger partial charge is 0.480 e. The van der Waals surface area contributed by atoms with Crippen molar-refractivity contribution < 1.29 is 49.2 Å². The number of aliphatic hydroxyl groups excluding tert-OH is 2. The summed E-state index contributed by atoms with van der Waals surface area (Å²) in [6.45, 7) is 7.20. The molecule has 0 aromatic rings. The summed E-state index contributed by atoms with van der Waals surface area (Å²) in [4.78, 5) is 84.7. The summed E-state index contributed by atoms with van der Waals surface area (Å²) in [5.41, 5.74) is -0.145. The van der Waals surface area contributed by atoms with Crippen molar-refractivity contribution in [2.75, 3.05) is 41.3 Å². The van der Waals surface area contributed by atoms with E-state index < -0.39 is 94.3 Å². The monoisotopic (exact) mass is 768 g/mol. The second kappa shape index (κ2) is 15.5. The zero-order valence-electron chi connectivity index (χ0n) is 30.8. The van der Waals surface area contributed by atoms with Crippen LogP contribution in [0, 0.1) is 23.7 Å². The van der Waals surface area contributed by atoms with Crippen LogP contribution in [0.5, 0.6) is 0 Å². The van der Waals surface area contributed by atoms with E-state index >= 15 is 0 Å². The highest BCUT2D eigenvalue weighted by Gasteiger charge is 2.61. The molecule has 0 radical (unpaired) electrons. The summed E-state index contributed by atoms with van der Waals surface area (Å²) < 4.78 is 0. The Morgan fingerprint density at radius 2 is 1.58 bits per heavy atom. The molecular weight excluding hydrogens is 717 g/mol. The molecule has 18 heteroatoms. The minimum Gasteiger partial charge on any atom is -0.480 e. The second-order valence-electron chi connectivity index (χ2n) is 15.3. The number of carbonyl (C=O) groups excluding carboxylic acids is 4. The van der Waals surface area contributed by atoms with Crippen molar-refractivity contribution in [1.82, 2.24) is 30.2 Å². The fourth-order valence-electron chi connectivity index (χ4n) is 8.70. The number of fused-ring (bicyclic) bond motifs is 1. The van der Waals surface area contributed by atoms with Crippen molar-refractivity contribution in [3.63, 3.8) is 0 Å². The molecule has 0 bridgehead atoms. The number of rotatable bonds is 12. The van der Waals surface area contributed by atoms with Gasteiger partial charge in [0.05, 0.1) is 36.1 Å². The maximum Gasteiger partial charge on any atom is 0.353 e. The van der Waals surface area contributed by atoms with Gasteiger partial charge in [-0.2, -0.15) is 11.8 Å². The Morgan fingerprint density at radius 3 is 2.12 bits per heavy atom. The van der Waals surface area contributed by atoms with E-state index in [2.05, 4.69) is 10.6 Å². The van der Waals surface area contributed by atoms with Crippen LogP contribution in [0.4, 0.5) is 0 Å². The van der Waals surface area contributed by atoms with Gasteiger partial charge in [0, 0.05) is 73.9 Å². The van der Waals surface area contributed by atoms with Crippen LogP contribution in [-0.2, 0) is 28.8 Å². The third kappa shape index (κ3) is 7.18. The normalized spacial score (nSPS) is 36.0. The number of hydrogen-bond donors (Lipinski definition) is 6. The van der Waals surface area contributed by atoms with Gasteiger partial charge < -0.3 is 45.3 Å². The van der Waals surface area contributed by atoms with Gasteiger partial charge in [0.2, 0.25) is 23.6 Å². The van der Waals surface area contributed by atoms with Gasteiger partial charge in [0.15, 0.2) is 0 Å². The Kier molecular flexibility index (Phi) is 12.0. The first-order valence-corrected chi connectivity index (χ1v) is 19.5. The van der Waals surface area contributed by atoms with Gasteiger partial charge in [-0.3, -0.25) is 29.3 Å². The number of nitrogens with one attached hydrogen (secondary N) is 2. The average Bonchev–Trinajstić information content (AvgIpc) is 3.82. The Balaban J connectivity index is 1.38.